The van der Waals surface area contributed by atoms with Gasteiger partial charge in [0.2, 0.25) is 17.7 Å². The standard InChI is InChI=1S/C35H44N4O4/c1-23(2)25-14-16-27(17-15-25)36-32(40)29-28-18-19-35(43-28)30(29)34(42)39(21-20-38(3)22-24-10-6-4-7-11-24)31(35)33(41)37-26-12-8-5-9-13-26/h4,6-7,10-11,14-19,23,26,28-31H,5,8-9,12-13,20-22H2,1-3H3,(H,36,40)(H,37,41)/t28-,29-,30-,31-,35-/m1/s1. The van der Waals surface area contributed by atoms with E-state index in [2.05, 4.69) is 41.5 Å². The largest absolute Gasteiger partial charge is 0.359 e. The lowest BCUT2D eigenvalue weighted by Gasteiger charge is -2.34. The maximum Gasteiger partial charge on any atom is 0.246 e. The zero-order valence-corrected chi connectivity index (χ0v) is 25.5. The van der Waals surface area contributed by atoms with Crippen molar-refractivity contribution in [1.29, 1.82) is 0 Å². The zero-order chi connectivity index (χ0) is 30.1. The van der Waals surface area contributed by atoms with Gasteiger partial charge in [0.15, 0.2) is 0 Å². The highest BCUT2D eigenvalue weighted by molar-refractivity contribution is 6.02. The summed E-state index contributed by atoms with van der Waals surface area (Å²) in [6, 6.07) is 17.3. The second-order valence-electron chi connectivity index (χ2n) is 13.1. The van der Waals surface area contributed by atoms with Gasteiger partial charge in [0.05, 0.1) is 17.9 Å². The Morgan fingerprint density at radius 1 is 1.02 bits per heavy atom. The van der Waals surface area contributed by atoms with Crippen LogP contribution in [0.4, 0.5) is 5.69 Å². The quantitative estimate of drug-likeness (QED) is 0.402. The molecule has 2 N–H and O–H groups in total. The number of rotatable bonds is 10. The van der Waals surface area contributed by atoms with Gasteiger partial charge >= 0.3 is 0 Å². The summed E-state index contributed by atoms with van der Waals surface area (Å²) in [4.78, 5) is 45.9. The molecular weight excluding hydrogens is 540 g/mol. The smallest absolute Gasteiger partial charge is 0.246 e. The summed E-state index contributed by atoms with van der Waals surface area (Å²) in [5.41, 5.74) is 1.91. The summed E-state index contributed by atoms with van der Waals surface area (Å²) in [5, 5.41) is 6.30. The van der Waals surface area contributed by atoms with Crippen molar-refractivity contribution >= 4 is 23.4 Å². The molecule has 2 saturated heterocycles. The fourth-order valence-electron chi connectivity index (χ4n) is 7.46. The molecule has 0 unspecified atom stereocenters. The SMILES string of the molecule is CC(C)c1ccc(NC(=O)[C@@H]2[C@H]3C=C[C@@]4(O3)[C@H]2C(=O)N(CCN(C)Cc2ccccc2)[C@@H]4C(=O)NC2CCCCC2)cc1. The van der Waals surface area contributed by atoms with Crippen LogP contribution in [-0.2, 0) is 25.7 Å². The van der Waals surface area contributed by atoms with E-state index < -0.39 is 29.6 Å². The maximum absolute atomic E-state index is 14.3. The molecule has 1 aliphatic carbocycles. The van der Waals surface area contributed by atoms with Crippen molar-refractivity contribution in [2.45, 2.75) is 82.2 Å². The highest BCUT2D eigenvalue weighted by atomic mass is 16.5. The van der Waals surface area contributed by atoms with Gasteiger partial charge in [-0.1, -0.05) is 87.7 Å². The molecule has 8 heteroatoms. The van der Waals surface area contributed by atoms with Crippen molar-refractivity contribution in [2.75, 3.05) is 25.5 Å². The fraction of sp³-hybridized carbons (Fsp3) is 0.514. The van der Waals surface area contributed by atoms with Gasteiger partial charge < -0.3 is 25.2 Å². The van der Waals surface area contributed by atoms with E-state index in [1.165, 1.54) is 17.5 Å². The number of anilines is 1. The van der Waals surface area contributed by atoms with E-state index in [1.54, 1.807) is 4.90 Å². The molecule has 3 heterocycles. The van der Waals surface area contributed by atoms with Crippen molar-refractivity contribution in [3.63, 3.8) is 0 Å². The number of amides is 3. The molecule has 5 atom stereocenters. The monoisotopic (exact) mass is 584 g/mol. The Balaban J connectivity index is 1.23. The van der Waals surface area contributed by atoms with E-state index in [0.29, 0.717) is 24.7 Å². The minimum atomic E-state index is -1.15. The van der Waals surface area contributed by atoms with E-state index in [9.17, 15) is 14.4 Å². The van der Waals surface area contributed by atoms with Gasteiger partial charge in [0.25, 0.3) is 0 Å². The van der Waals surface area contributed by atoms with E-state index in [1.807, 2.05) is 61.7 Å². The Morgan fingerprint density at radius 2 is 1.74 bits per heavy atom. The Labute approximate surface area is 254 Å². The second kappa shape index (κ2) is 12.2. The molecule has 228 valence electrons. The van der Waals surface area contributed by atoms with Crippen LogP contribution in [0, 0.1) is 11.8 Å². The number of carbonyl (C=O) groups is 3. The first kappa shape index (κ1) is 29.6. The lowest BCUT2D eigenvalue weighted by atomic mass is 9.74. The van der Waals surface area contributed by atoms with Crippen LogP contribution in [0.1, 0.15) is 63.0 Å². The molecule has 1 spiro atoms. The van der Waals surface area contributed by atoms with Crippen LogP contribution in [0.25, 0.3) is 0 Å². The van der Waals surface area contributed by atoms with Gasteiger partial charge in [-0.3, -0.25) is 14.4 Å². The summed E-state index contributed by atoms with van der Waals surface area (Å²) in [6.45, 7) is 5.95. The number of hydrogen-bond donors (Lipinski definition) is 2. The molecule has 2 aromatic rings. The first-order chi connectivity index (χ1) is 20.8. The Bertz CT molecular complexity index is 1350. The number of nitrogens with one attached hydrogen (secondary N) is 2. The minimum Gasteiger partial charge on any atom is -0.359 e. The summed E-state index contributed by atoms with van der Waals surface area (Å²) < 4.78 is 6.52. The molecule has 1 saturated carbocycles. The summed E-state index contributed by atoms with van der Waals surface area (Å²) in [6.07, 6.45) is 8.49. The third-order valence-electron chi connectivity index (χ3n) is 9.74. The molecule has 4 aliphatic rings. The molecule has 0 radical (unpaired) electrons. The number of ether oxygens (including phenoxy) is 1. The van der Waals surface area contributed by atoms with Gasteiger partial charge in [-0.15, -0.1) is 0 Å². The summed E-state index contributed by atoms with van der Waals surface area (Å²) in [5.74, 6) is -1.68. The van der Waals surface area contributed by atoms with E-state index in [-0.39, 0.29) is 23.8 Å². The van der Waals surface area contributed by atoms with Crippen molar-refractivity contribution in [1.82, 2.24) is 15.1 Å². The van der Waals surface area contributed by atoms with Crippen LogP contribution < -0.4 is 10.6 Å². The highest BCUT2D eigenvalue weighted by Gasteiger charge is 2.72. The highest BCUT2D eigenvalue weighted by Crippen LogP contribution is 2.55. The number of likely N-dealkylation sites (N-methyl/N-ethyl adjacent to an activating group) is 1. The molecule has 2 bridgehead atoms. The van der Waals surface area contributed by atoms with Gasteiger partial charge in [0, 0.05) is 31.4 Å². The second-order valence-corrected chi connectivity index (χ2v) is 13.1. The molecule has 0 aromatic heterocycles. The topological polar surface area (TPSA) is 91.0 Å². The lowest BCUT2D eigenvalue weighted by Crippen LogP contribution is -2.57. The van der Waals surface area contributed by atoms with Gasteiger partial charge in [-0.25, -0.2) is 0 Å². The summed E-state index contributed by atoms with van der Waals surface area (Å²) >= 11 is 0. The van der Waals surface area contributed by atoms with Crippen LogP contribution in [-0.4, -0.2) is 71.4 Å². The van der Waals surface area contributed by atoms with E-state index >= 15 is 0 Å². The van der Waals surface area contributed by atoms with Crippen LogP contribution >= 0.6 is 0 Å². The third kappa shape index (κ3) is 5.75. The van der Waals surface area contributed by atoms with Crippen molar-refractivity contribution in [3.8, 4) is 0 Å². The van der Waals surface area contributed by atoms with Gasteiger partial charge in [0.1, 0.15) is 11.6 Å². The number of hydrogen-bond acceptors (Lipinski definition) is 5. The zero-order valence-electron chi connectivity index (χ0n) is 25.5. The number of fused-ring (bicyclic) bond motifs is 1. The van der Waals surface area contributed by atoms with Gasteiger partial charge in [-0.2, -0.15) is 0 Å². The normalized spacial score (nSPS) is 28.1. The maximum atomic E-state index is 14.3. The molecule has 6 rings (SSSR count). The number of benzene rings is 2. The van der Waals surface area contributed by atoms with Crippen LogP contribution in [0.2, 0.25) is 0 Å². The molecule has 3 aliphatic heterocycles. The molecule has 2 aromatic carbocycles. The van der Waals surface area contributed by atoms with E-state index in [0.717, 1.165) is 32.2 Å². The van der Waals surface area contributed by atoms with Crippen molar-refractivity contribution in [2.24, 2.45) is 11.8 Å². The Kier molecular flexibility index (Phi) is 8.42. The lowest BCUT2D eigenvalue weighted by molar-refractivity contribution is -0.141. The fourth-order valence-corrected chi connectivity index (χ4v) is 7.46. The van der Waals surface area contributed by atoms with Crippen LogP contribution in [0.15, 0.2) is 66.7 Å². The van der Waals surface area contributed by atoms with E-state index in [4.69, 9.17) is 4.74 Å². The third-order valence-corrected chi connectivity index (χ3v) is 9.74. The van der Waals surface area contributed by atoms with Crippen LogP contribution in [0.3, 0.4) is 0 Å². The molecule has 3 amide bonds. The molecule has 3 fully saturated rings. The molecule has 43 heavy (non-hydrogen) atoms. The van der Waals surface area contributed by atoms with Crippen molar-refractivity contribution < 1.29 is 19.1 Å². The minimum absolute atomic E-state index is 0.102. The first-order valence-corrected chi connectivity index (χ1v) is 15.9. The van der Waals surface area contributed by atoms with Crippen molar-refractivity contribution in [3.05, 3.63) is 77.9 Å². The predicted octanol–water partition coefficient (Wildman–Crippen LogP) is 4.48. The average Bonchev–Trinajstić information content (AvgIpc) is 3.64. The average molecular weight is 585 g/mol. The number of likely N-dealkylation sites (tertiary alicyclic amines) is 1. The summed E-state index contributed by atoms with van der Waals surface area (Å²) in [7, 11) is 2.02. The number of carbonyl (C=O) groups excluding carboxylic acids is 3. The van der Waals surface area contributed by atoms with Gasteiger partial charge in [-0.05, 0) is 49.1 Å². The molecular formula is C35H44N4O4. The molecule has 8 nitrogen and oxygen atoms in total. The van der Waals surface area contributed by atoms with Crippen LogP contribution in [0.5, 0.6) is 0 Å². The first-order valence-electron chi connectivity index (χ1n) is 15.9. The Hall–Kier alpha value is -3.49. The number of nitrogens with zero attached hydrogens (tertiary/aromatic N) is 2. The Morgan fingerprint density at radius 3 is 2.44 bits per heavy atom. The predicted molar refractivity (Wildman–Crippen MR) is 166 cm³/mol.